The third-order valence-corrected chi connectivity index (χ3v) is 1.61. The maximum Gasteiger partial charge on any atom is 0.0944 e. The Bertz CT molecular complexity index is 352. The first-order valence-electron chi connectivity index (χ1n) is 4.13. The highest BCUT2D eigenvalue weighted by molar-refractivity contribution is 5.51. The number of allylic oxidation sites excluding steroid dienone is 3. The molecule has 13 heavy (non-hydrogen) atoms. The van der Waals surface area contributed by atoms with E-state index in [4.69, 9.17) is 5.26 Å². The van der Waals surface area contributed by atoms with Crippen LogP contribution in [0.15, 0.2) is 48.1 Å². The molecule has 0 fully saturated rings. The van der Waals surface area contributed by atoms with Gasteiger partial charge in [-0.3, -0.25) is 0 Å². The highest BCUT2D eigenvalue weighted by Crippen LogP contribution is 2.01. The minimum Gasteiger partial charge on any atom is -0.193 e. The molecule has 1 rings (SSSR count). The highest BCUT2D eigenvalue weighted by Gasteiger charge is 1.81. The molecule has 0 aliphatic rings. The van der Waals surface area contributed by atoms with Crippen molar-refractivity contribution in [3.63, 3.8) is 0 Å². The van der Waals surface area contributed by atoms with E-state index < -0.39 is 0 Å². The molecule has 0 saturated heterocycles. The van der Waals surface area contributed by atoms with Gasteiger partial charge in [-0.15, -0.1) is 0 Å². The molecule has 1 heteroatoms. The van der Waals surface area contributed by atoms with Gasteiger partial charge in [-0.1, -0.05) is 42.5 Å². The van der Waals surface area contributed by atoms with Gasteiger partial charge in [0, 0.05) is 5.57 Å². The van der Waals surface area contributed by atoms with Crippen LogP contribution < -0.4 is 0 Å². The summed E-state index contributed by atoms with van der Waals surface area (Å²) in [7, 11) is 0. The molecule has 0 aliphatic heterocycles. The summed E-state index contributed by atoms with van der Waals surface area (Å²) in [5.74, 6) is 0. The van der Waals surface area contributed by atoms with Crippen LogP contribution in [0.3, 0.4) is 0 Å². The summed E-state index contributed by atoms with van der Waals surface area (Å²) in [6.07, 6.45) is 5.65. The van der Waals surface area contributed by atoms with Gasteiger partial charge in [-0.05, 0) is 18.6 Å². The fourth-order valence-electron chi connectivity index (χ4n) is 0.905. The maximum atomic E-state index is 8.48. The second-order valence-electron chi connectivity index (χ2n) is 2.73. The van der Waals surface area contributed by atoms with Gasteiger partial charge >= 0.3 is 0 Å². The van der Waals surface area contributed by atoms with Crippen molar-refractivity contribution in [3.8, 4) is 6.07 Å². The number of nitriles is 1. The van der Waals surface area contributed by atoms with E-state index in [9.17, 15) is 0 Å². The van der Waals surface area contributed by atoms with Crippen molar-refractivity contribution in [1.29, 1.82) is 5.26 Å². The van der Waals surface area contributed by atoms with Crippen LogP contribution in [0, 0.1) is 11.3 Å². The summed E-state index contributed by atoms with van der Waals surface area (Å²) >= 11 is 0. The van der Waals surface area contributed by atoms with Gasteiger partial charge in [0.25, 0.3) is 0 Å². The van der Waals surface area contributed by atoms with Crippen molar-refractivity contribution in [2.45, 2.75) is 6.92 Å². The zero-order valence-corrected chi connectivity index (χ0v) is 7.57. The molecule has 1 aromatic carbocycles. The van der Waals surface area contributed by atoms with Crippen molar-refractivity contribution in [2.24, 2.45) is 0 Å². The molecule has 0 aromatic heterocycles. The number of hydrogen-bond donors (Lipinski definition) is 0. The quantitative estimate of drug-likeness (QED) is 0.492. The Morgan fingerprint density at radius 2 is 2.00 bits per heavy atom. The van der Waals surface area contributed by atoms with Crippen molar-refractivity contribution in [2.75, 3.05) is 0 Å². The van der Waals surface area contributed by atoms with Crippen molar-refractivity contribution < 1.29 is 0 Å². The number of rotatable bonds is 2. The van der Waals surface area contributed by atoms with Crippen LogP contribution in [-0.2, 0) is 0 Å². The smallest absolute Gasteiger partial charge is 0.0944 e. The van der Waals surface area contributed by atoms with Crippen molar-refractivity contribution >= 4 is 6.08 Å². The molecule has 0 aliphatic carbocycles. The average Bonchev–Trinajstić information content (AvgIpc) is 2.19. The fraction of sp³-hybridized carbons (Fsp3) is 0.0833. The van der Waals surface area contributed by atoms with E-state index in [1.165, 1.54) is 0 Å². The number of hydrogen-bond acceptors (Lipinski definition) is 1. The Morgan fingerprint density at radius 1 is 1.31 bits per heavy atom. The second-order valence-corrected chi connectivity index (χ2v) is 2.73. The normalized spacial score (nSPS) is 11.5. The van der Waals surface area contributed by atoms with Crippen LogP contribution in [0.4, 0.5) is 0 Å². The van der Waals surface area contributed by atoms with E-state index in [-0.39, 0.29) is 0 Å². The van der Waals surface area contributed by atoms with Gasteiger partial charge in [0.15, 0.2) is 0 Å². The Hall–Kier alpha value is -1.81. The molecular weight excluding hydrogens is 158 g/mol. The van der Waals surface area contributed by atoms with Crippen LogP contribution in [0.25, 0.3) is 6.08 Å². The first-order chi connectivity index (χ1) is 6.33. The van der Waals surface area contributed by atoms with Crippen LogP contribution in [0.5, 0.6) is 0 Å². The molecule has 0 amide bonds. The number of benzene rings is 1. The van der Waals surface area contributed by atoms with E-state index >= 15 is 0 Å². The minimum absolute atomic E-state index is 0.715. The predicted molar refractivity (Wildman–Crippen MR) is 54.8 cm³/mol. The molecule has 0 N–H and O–H groups in total. The third kappa shape index (κ3) is 3.39. The monoisotopic (exact) mass is 169 g/mol. The van der Waals surface area contributed by atoms with Crippen LogP contribution in [0.2, 0.25) is 0 Å². The standard InChI is InChI=1S/C12H11N/c1-11(10-13)6-5-9-12-7-3-2-4-8-12/h2-9H,1H3. The maximum absolute atomic E-state index is 8.48. The largest absolute Gasteiger partial charge is 0.193 e. The summed E-state index contributed by atoms with van der Waals surface area (Å²) in [6, 6.07) is 12.1. The summed E-state index contributed by atoms with van der Waals surface area (Å²) in [5.41, 5.74) is 1.86. The first-order valence-corrected chi connectivity index (χ1v) is 4.13. The number of nitrogens with zero attached hydrogens (tertiary/aromatic N) is 1. The van der Waals surface area contributed by atoms with Crippen LogP contribution in [-0.4, -0.2) is 0 Å². The predicted octanol–water partition coefficient (Wildman–Crippen LogP) is 3.17. The average molecular weight is 169 g/mol. The Labute approximate surface area is 78.6 Å². The van der Waals surface area contributed by atoms with Gasteiger partial charge in [-0.2, -0.15) is 5.26 Å². The summed E-state index contributed by atoms with van der Waals surface area (Å²) in [5, 5.41) is 8.48. The van der Waals surface area contributed by atoms with Gasteiger partial charge in [0.1, 0.15) is 0 Å². The molecule has 0 saturated carbocycles. The molecule has 0 atom stereocenters. The van der Waals surface area contributed by atoms with Crippen molar-refractivity contribution in [1.82, 2.24) is 0 Å². The highest BCUT2D eigenvalue weighted by atomic mass is 14.2. The fourth-order valence-corrected chi connectivity index (χ4v) is 0.905. The van der Waals surface area contributed by atoms with Gasteiger partial charge in [0.2, 0.25) is 0 Å². The molecule has 0 spiro atoms. The van der Waals surface area contributed by atoms with E-state index in [0.717, 1.165) is 5.56 Å². The molecule has 0 heterocycles. The minimum atomic E-state index is 0.715. The second kappa shape index (κ2) is 4.95. The molecule has 0 unspecified atom stereocenters. The topological polar surface area (TPSA) is 23.8 Å². The molecule has 1 aromatic rings. The van der Waals surface area contributed by atoms with E-state index in [1.807, 2.05) is 42.5 Å². The molecule has 0 bridgehead atoms. The SMILES string of the molecule is CC(C#N)=CC=Cc1ccccc1. The summed E-state index contributed by atoms with van der Waals surface area (Å²) in [4.78, 5) is 0. The molecule has 0 radical (unpaired) electrons. The lowest BCUT2D eigenvalue weighted by molar-refractivity contribution is 1.44. The van der Waals surface area contributed by atoms with E-state index in [0.29, 0.717) is 5.57 Å². The summed E-state index contributed by atoms with van der Waals surface area (Å²) in [6.45, 7) is 1.79. The lowest BCUT2D eigenvalue weighted by atomic mass is 10.2. The van der Waals surface area contributed by atoms with Gasteiger partial charge in [0.05, 0.1) is 6.07 Å². The molecule has 64 valence electrons. The zero-order valence-electron chi connectivity index (χ0n) is 7.57. The van der Waals surface area contributed by atoms with Crippen LogP contribution in [0.1, 0.15) is 12.5 Å². The first kappa shape index (κ1) is 9.28. The Balaban J connectivity index is 2.66. The lowest BCUT2D eigenvalue weighted by Gasteiger charge is -1.88. The van der Waals surface area contributed by atoms with Gasteiger partial charge in [-0.25, -0.2) is 0 Å². The lowest BCUT2D eigenvalue weighted by Crippen LogP contribution is -1.68. The Kier molecular flexibility index (Phi) is 3.53. The summed E-state index contributed by atoms with van der Waals surface area (Å²) < 4.78 is 0. The van der Waals surface area contributed by atoms with Crippen molar-refractivity contribution in [3.05, 3.63) is 53.6 Å². The molecule has 1 nitrogen and oxygen atoms in total. The van der Waals surface area contributed by atoms with E-state index in [2.05, 4.69) is 6.07 Å². The van der Waals surface area contributed by atoms with Gasteiger partial charge < -0.3 is 0 Å². The Morgan fingerprint density at radius 3 is 2.62 bits per heavy atom. The van der Waals surface area contributed by atoms with E-state index in [1.54, 1.807) is 13.0 Å². The zero-order chi connectivity index (χ0) is 9.52. The van der Waals surface area contributed by atoms with Crippen LogP contribution >= 0.6 is 0 Å². The third-order valence-electron chi connectivity index (χ3n) is 1.61. The molecular formula is C12H11N.